The van der Waals surface area contributed by atoms with Crippen molar-refractivity contribution in [1.29, 1.82) is 0 Å². The van der Waals surface area contributed by atoms with Crippen molar-refractivity contribution < 1.29 is 23.8 Å². The highest BCUT2D eigenvalue weighted by Crippen LogP contribution is 2.48. The largest absolute Gasteiger partial charge is 0.477 e. The van der Waals surface area contributed by atoms with Gasteiger partial charge >= 0.3 is 12.1 Å². The number of rotatable bonds is 4. The minimum atomic E-state index is -1.31. The molecule has 8 nitrogen and oxygen atoms in total. The summed E-state index contributed by atoms with van der Waals surface area (Å²) < 4.78 is 22.2. The zero-order chi connectivity index (χ0) is 22.9. The zero-order valence-electron chi connectivity index (χ0n) is 18.2. The zero-order valence-corrected chi connectivity index (χ0v) is 18.2. The summed E-state index contributed by atoms with van der Waals surface area (Å²) in [6, 6.07) is 2.98. The number of ether oxygens (including phenoxy) is 1. The van der Waals surface area contributed by atoms with Crippen LogP contribution in [0.1, 0.15) is 50.0 Å². The molecule has 2 N–H and O–H groups in total. The second-order valence-corrected chi connectivity index (χ2v) is 10.0. The number of hydrogen-bond acceptors (Lipinski definition) is 5. The molecule has 1 aliphatic heterocycles. The van der Waals surface area contributed by atoms with Gasteiger partial charge in [0.2, 0.25) is 5.43 Å². The van der Waals surface area contributed by atoms with Crippen LogP contribution in [0.2, 0.25) is 0 Å². The number of carbonyl (C=O) groups is 2. The topological polar surface area (TPSA) is 101 Å². The van der Waals surface area contributed by atoms with Gasteiger partial charge in [0.1, 0.15) is 17.0 Å². The summed E-state index contributed by atoms with van der Waals surface area (Å²) in [5, 5.41) is 12.4. The van der Waals surface area contributed by atoms with Crippen LogP contribution < -0.4 is 15.6 Å². The molecule has 3 fully saturated rings. The number of anilines is 1. The van der Waals surface area contributed by atoms with Crippen LogP contribution in [0.3, 0.4) is 0 Å². The number of pyridine rings is 1. The lowest BCUT2D eigenvalue weighted by Crippen LogP contribution is -2.38. The van der Waals surface area contributed by atoms with Crippen LogP contribution in [-0.4, -0.2) is 46.5 Å². The standard InChI is InChI=1S/C23H26FN3O5/c1-23(2,3)32-22(31)25-19-13-8-26(9-14(13)19)18-7-17-12(6-16(18)24)20(28)15(21(29)30)10-27(17)11-4-5-11/h6-7,10-11,13-14,19H,4-5,8-9H2,1-3H3,(H,25,31)(H,29,30)/t13-,14+,19+. The predicted octanol–water partition coefficient (Wildman–Crippen LogP) is 3.13. The van der Waals surface area contributed by atoms with E-state index in [2.05, 4.69) is 5.32 Å². The Balaban J connectivity index is 1.39. The molecule has 5 rings (SSSR count). The number of fused-ring (bicyclic) bond motifs is 2. The summed E-state index contributed by atoms with van der Waals surface area (Å²) in [7, 11) is 0. The van der Waals surface area contributed by atoms with E-state index in [-0.39, 0.29) is 34.9 Å². The fraction of sp³-hybridized carbons (Fsp3) is 0.522. The lowest BCUT2D eigenvalue weighted by molar-refractivity contribution is 0.0517. The van der Waals surface area contributed by atoms with Crippen LogP contribution in [-0.2, 0) is 4.74 Å². The van der Waals surface area contributed by atoms with E-state index in [1.807, 2.05) is 25.7 Å². The van der Waals surface area contributed by atoms with Crippen molar-refractivity contribution in [1.82, 2.24) is 9.88 Å². The van der Waals surface area contributed by atoms with Gasteiger partial charge in [0.15, 0.2) is 0 Å². The van der Waals surface area contributed by atoms with Crippen molar-refractivity contribution in [2.24, 2.45) is 11.8 Å². The predicted molar refractivity (Wildman–Crippen MR) is 116 cm³/mol. The lowest BCUT2D eigenvalue weighted by Gasteiger charge is -2.25. The number of aromatic nitrogens is 1. The van der Waals surface area contributed by atoms with Crippen molar-refractivity contribution in [3.63, 3.8) is 0 Å². The molecule has 9 heteroatoms. The van der Waals surface area contributed by atoms with Crippen molar-refractivity contribution in [3.8, 4) is 0 Å². The number of aromatic carboxylic acids is 1. The lowest BCUT2D eigenvalue weighted by atomic mass is 10.1. The third-order valence-corrected chi connectivity index (χ3v) is 6.49. The molecule has 170 valence electrons. The summed E-state index contributed by atoms with van der Waals surface area (Å²) >= 11 is 0. The van der Waals surface area contributed by atoms with E-state index in [0.717, 1.165) is 12.8 Å². The Hall–Kier alpha value is -3.10. The highest BCUT2D eigenvalue weighted by Gasteiger charge is 2.57. The van der Waals surface area contributed by atoms with Gasteiger partial charge in [-0.1, -0.05) is 0 Å². The Labute approximate surface area is 184 Å². The Bertz CT molecular complexity index is 1180. The molecule has 0 unspecified atom stereocenters. The van der Waals surface area contributed by atoms with Crippen LogP contribution in [0.25, 0.3) is 10.9 Å². The van der Waals surface area contributed by atoms with Crippen molar-refractivity contribution in [2.45, 2.75) is 51.3 Å². The van der Waals surface area contributed by atoms with Crippen LogP contribution in [0.15, 0.2) is 23.1 Å². The molecule has 1 aromatic carbocycles. The van der Waals surface area contributed by atoms with E-state index in [1.54, 1.807) is 10.6 Å². The van der Waals surface area contributed by atoms with Gasteiger partial charge in [-0.05, 0) is 45.7 Å². The first-order chi connectivity index (χ1) is 15.0. The molecule has 2 aromatic rings. The average molecular weight is 443 g/mol. The smallest absolute Gasteiger partial charge is 0.407 e. The highest BCUT2D eigenvalue weighted by atomic mass is 19.1. The first-order valence-corrected chi connectivity index (χ1v) is 10.9. The normalized spacial score (nSPS) is 24.4. The number of amides is 1. The molecule has 1 saturated heterocycles. The quantitative estimate of drug-likeness (QED) is 0.753. The third kappa shape index (κ3) is 3.59. The highest BCUT2D eigenvalue weighted by molar-refractivity contribution is 5.93. The minimum Gasteiger partial charge on any atom is -0.477 e. The third-order valence-electron chi connectivity index (χ3n) is 6.49. The number of carboxylic acids is 1. The molecular formula is C23H26FN3O5. The number of carboxylic acid groups (broad SMARTS) is 1. The maximum Gasteiger partial charge on any atom is 0.407 e. The van der Waals surface area contributed by atoms with Gasteiger partial charge in [-0.3, -0.25) is 4.79 Å². The number of nitrogens with zero attached hydrogens (tertiary/aromatic N) is 2. The number of halogens is 1. The van der Waals surface area contributed by atoms with Crippen LogP contribution in [0.5, 0.6) is 0 Å². The van der Waals surface area contributed by atoms with Crippen molar-refractivity contribution in [2.75, 3.05) is 18.0 Å². The molecule has 1 amide bonds. The monoisotopic (exact) mass is 443 g/mol. The molecule has 3 aliphatic rings. The summed E-state index contributed by atoms with van der Waals surface area (Å²) in [4.78, 5) is 38.1. The van der Waals surface area contributed by atoms with Gasteiger partial charge < -0.3 is 24.6 Å². The van der Waals surface area contributed by atoms with Crippen LogP contribution in [0, 0.1) is 17.7 Å². The number of alkyl carbamates (subject to hydrolysis) is 1. The van der Waals surface area contributed by atoms with E-state index in [4.69, 9.17) is 4.74 Å². The second kappa shape index (κ2) is 6.95. The molecular weight excluding hydrogens is 417 g/mol. The van der Waals surface area contributed by atoms with Gasteiger partial charge in [0, 0.05) is 48.6 Å². The molecule has 2 aliphatic carbocycles. The summed E-state index contributed by atoms with van der Waals surface area (Å²) in [6.45, 7) is 6.62. The van der Waals surface area contributed by atoms with E-state index in [9.17, 15) is 19.5 Å². The summed E-state index contributed by atoms with van der Waals surface area (Å²) in [5.41, 5.74) is -0.608. The van der Waals surface area contributed by atoms with Crippen LogP contribution in [0.4, 0.5) is 14.9 Å². The van der Waals surface area contributed by atoms with Gasteiger partial charge in [-0.15, -0.1) is 0 Å². The Morgan fingerprint density at radius 3 is 2.41 bits per heavy atom. The van der Waals surface area contributed by atoms with Crippen LogP contribution >= 0.6 is 0 Å². The molecule has 32 heavy (non-hydrogen) atoms. The van der Waals surface area contributed by atoms with Gasteiger partial charge in [-0.2, -0.15) is 0 Å². The minimum absolute atomic E-state index is 0.0207. The second-order valence-electron chi connectivity index (χ2n) is 10.0. The van der Waals surface area contributed by atoms with Crippen molar-refractivity contribution in [3.05, 3.63) is 39.9 Å². The fourth-order valence-corrected chi connectivity index (χ4v) is 4.79. The molecule has 0 radical (unpaired) electrons. The van der Waals surface area contributed by atoms with E-state index in [0.29, 0.717) is 24.3 Å². The number of piperidine rings is 1. The molecule has 2 saturated carbocycles. The fourth-order valence-electron chi connectivity index (χ4n) is 4.79. The molecule has 0 spiro atoms. The van der Waals surface area contributed by atoms with Gasteiger partial charge in [0.05, 0.1) is 11.2 Å². The molecule has 2 heterocycles. The average Bonchev–Trinajstić information content (AvgIpc) is 3.58. The summed E-state index contributed by atoms with van der Waals surface area (Å²) in [6.07, 6.45) is 2.74. The number of carbonyl (C=O) groups excluding carboxylic acids is 1. The van der Waals surface area contributed by atoms with E-state index < -0.39 is 28.9 Å². The Kier molecular flexibility index (Phi) is 4.51. The summed E-state index contributed by atoms with van der Waals surface area (Å²) in [5.74, 6) is -1.41. The Morgan fingerprint density at radius 1 is 1.19 bits per heavy atom. The first-order valence-electron chi connectivity index (χ1n) is 10.9. The Morgan fingerprint density at radius 2 is 1.84 bits per heavy atom. The SMILES string of the molecule is CC(C)(C)OC(=O)N[C@H]1[C@@H]2CN(c3cc4c(cc3F)c(=O)c(C(=O)O)cn4C3CC3)C[C@@H]21. The van der Waals surface area contributed by atoms with E-state index in [1.165, 1.54) is 12.3 Å². The van der Waals surface area contributed by atoms with Gasteiger partial charge in [0.25, 0.3) is 0 Å². The first kappa shape index (κ1) is 20.8. The van der Waals surface area contributed by atoms with Gasteiger partial charge in [-0.25, -0.2) is 14.0 Å². The molecule has 1 aromatic heterocycles. The van der Waals surface area contributed by atoms with E-state index >= 15 is 4.39 Å². The molecule has 0 bridgehead atoms. The number of nitrogens with one attached hydrogen (secondary N) is 1. The molecule has 3 atom stereocenters. The number of hydrogen-bond donors (Lipinski definition) is 2. The van der Waals surface area contributed by atoms with Crippen molar-refractivity contribution >= 4 is 28.7 Å². The maximum absolute atomic E-state index is 15.0. The maximum atomic E-state index is 15.0. The number of benzene rings is 1.